The van der Waals surface area contributed by atoms with Crippen LogP contribution < -0.4 is 0 Å². The maximum Gasteiger partial charge on any atom is 0.229 e. The SMILES string of the molecule is CC(C)(C)c1noc(CC(O)COCc2ccccc2)n1. The Hall–Kier alpha value is -1.72. The minimum Gasteiger partial charge on any atom is -0.390 e. The van der Waals surface area contributed by atoms with Crippen molar-refractivity contribution in [3.63, 3.8) is 0 Å². The number of aliphatic hydroxyl groups excluding tert-OH is 1. The zero-order chi connectivity index (χ0) is 15.3. The third-order valence-corrected chi connectivity index (χ3v) is 2.97. The van der Waals surface area contributed by atoms with Gasteiger partial charge in [0.05, 0.1) is 25.7 Å². The lowest BCUT2D eigenvalue weighted by atomic mass is 9.96. The number of ether oxygens (including phenoxy) is 1. The molecule has 0 saturated carbocycles. The van der Waals surface area contributed by atoms with Gasteiger partial charge in [-0.15, -0.1) is 0 Å². The summed E-state index contributed by atoms with van der Waals surface area (Å²) in [6.07, 6.45) is -0.348. The molecule has 0 spiro atoms. The molecular formula is C16H22N2O3. The van der Waals surface area contributed by atoms with Crippen LogP contribution in [0.5, 0.6) is 0 Å². The van der Waals surface area contributed by atoms with E-state index >= 15 is 0 Å². The lowest BCUT2D eigenvalue weighted by Gasteiger charge is -2.11. The molecule has 0 aliphatic heterocycles. The summed E-state index contributed by atoms with van der Waals surface area (Å²) in [6, 6.07) is 9.85. The maximum atomic E-state index is 9.94. The van der Waals surface area contributed by atoms with Crippen LogP contribution in [0.4, 0.5) is 0 Å². The predicted octanol–water partition coefficient (Wildman–Crippen LogP) is 2.49. The molecule has 0 amide bonds. The van der Waals surface area contributed by atoms with Gasteiger partial charge in [-0.2, -0.15) is 4.98 Å². The summed E-state index contributed by atoms with van der Waals surface area (Å²) >= 11 is 0. The van der Waals surface area contributed by atoms with Gasteiger partial charge in [0.15, 0.2) is 5.82 Å². The van der Waals surface area contributed by atoms with Crippen LogP contribution in [0.3, 0.4) is 0 Å². The van der Waals surface area contributed by atoms with Gasteiger partial charge in [0.1, 0.15) is 0 Å². The second-order valence-electron chi connectivity index (χ2n) is 6.12. The highest BCUT2D eigenvalue weighted by Crippen LogP contribution is 2.18. The molecule has 1 heterocycles. The molecule has 0 radical (unpaired) electrons. The summed E-state index contributed by atoms with van der Waals surface area (Å²) in [5.74, 6) is 1.09. The molecular weight excluding hydrogens is 268 g/mol. The van der Waals surface area contributed by atoms with E-state index in [0.29, 0.717) is 24.7 Å². The summed E-state index contributed by atoms with van der Waals surface area (Å²) in [6.45, 7) is 6.76. The van der Waals surface area contributed by atoms with Crippen LogP contribution in [0.2, 0.25) is 0 Å². The topological polar surface area (TPSA) is 68.4 Å². The monoisotopic (exact) mass is 290 g/mol. The van der Waals surface area contributed by atoms with Gasteiger partial charge in [-0.25, -0.2) is 0 Å². The summed E-state index contributed by atoms with van der Waals surface area (Å²) in [7, 11) is 0. The van der Waals surface area contributed by atoms with Gasteiger partial charge in [-0.3, -0.25) is 0 Å². The quantitative estimate of drug-likeness (QED) is 0.885. The molecule has 0 saturated heterocycles. The van der Waals surface area contributed by atoms with E-state index in [1.165, 1.54) is 0 Å². The van der Waals surface area contributed by atoms with Crippen molar-refractivity contribution in [1.29, 1.82) is 0 Å². The summed E-state index contributed by atoms with van der Waals surface area (Å²) < 4.78 is 10.6. The molecule has 0 bridgehead atoms. The largest absolute Gasteiger partial charge is 0.390 e. The Morgan fingerprint density at radius 1 is 1.24 bits per heavy atom. The Balaban J connectivity index is 1.77. The molecule has 0 aliphatic carbocycles. The first-order valence-corrected chi connectivity index (χ1v) is 7.08. The van der Waals surface area contributed by atoms with Crippen molar-refractivity contribution in [1.82, 2.24) is 10.1 Å². The zero-order valence-corrected chi connectivity index (χ0v) is 12.7. The van der Waals surface area contributed by atoms with Crippen molar-refractivity contribution < 1.29 is 14.4 Å². The average Bonchev–Trinajstić information content (AvgIpc) is 2.88. The highest BCUT2D eigenvalue weighted by Gasteiger charge is 2.21. The first kappa shape index (κ1) is 15.7. The van der Waals surface area contributed by atoms with Crippen LogP contribution in [0.1, 0.15) is 38.0 Å². The predicted molar refractivity (Wildman–Crippen MR) is 78.8 cm³/mol. The molecule has 5 heteroatoms. The van der Waals surface area contributed by atoms with Crippen LogP contribution >= 0.6 is 0 Å². The first-order valence-electron chi connectivity index (χ1n) is 7.08. The van der Waals surface area contributed by atoms with E-state index in [2.05, 4.69) is 10.1 Å². The fourth-order valence-electron chi connectivity index (χ4n) is 1.79. The smallest absolute Gasteiger partial charge is 0.229 e. The third-order valence-electron chi connectivity index (χ3n) is 2.97. The Bertz CT molecular complexity index is 546. The molecule has 21 heavy (non-hydrogen) atoms. The highest BCUT2D eigenvalue weighted by atomic mass is 16.5. The van der Waals surface area contributed by atoms with E-state index in [4.69, 9.17) is 9.26 Å². The van der Waals surface area contributed by atoms with Gasteiger partial charge in [-0.1, -0.05) is 56.3 Å². The van der Waals surface area contributed by atoms with Crippen molar-refractivity contribution in [3.05, 3.63) is 47.6 Å². The summed E-state index contributed by atoms with van der Waals surface area (Å²) in [4.78, 5) is 4.29. The molecule has 0 aliphatic rings. The molecule has 1 atom stereocenters. The van der Waals surface area contributed by atoms with Crippen LogP contribution in [0.25, 0.3) is 0 Å². The van der Waals surface area contributed by atoms with Crippen molar-refractivity contribution in [2.75, 3.05) is 6.61 Å². The van der Waals surface area contributed by atoms with Gasteiger partial charge in [0.25, 0.3) is 0 Å². The molecule has 0 fully saturated rings. The van der Waals surface area contributed by atoms with Crippen molar-refractivity contribution in [3.8, 4) is 0 Å². The van der Waals surface area contributed by atoms with E-state index in [1.54, 1.807) is 0 Å². The van der Waals surface area contributed by atoms with Crippen LogP contribution in [0, 0.1) is 0 Å². The molecule has 1 unspecified atom stereocenters. The van der Waals surface area contributed by atoms with E-state index in [0.717, 1.165) is 5.56 Å². The van der Waals surface area contributed by atoms with Gasteiger partial charge in [0.2, 0.25) is 5.89 Å². The lowest BCUT2D eigenvalue weighted by Crippen LogP contribution is -2.19. The summed E-state index contributed by atoms with van der Waals surface area (Å²) in [5, 5.41) is 13.9. The van der Waals surface area contributed by atoms with Crippen molar-refractivity contribution >= 4 is 0 Å². The number of hydrogen-bond acceptors (Lipinski definition) is 5. The first-order chi connectivity index (χ1) is 9.95. The maximum absolute atomic E-state index is 9.94. The van der Waals surface area contributed by atoms with Gasteiger partial charge in [-0.05, 0) is 5.56 Å². The van der Waals surface area contributed by atoms with E-state index < -0.39 is 6.10 Å². The Labute approximate surface area is 125 Å². The lowest BCUT2D eigenvalue weighted by molar-refractivity contribution is 0.0253. The molecule has 114 valence electrons. The van der Waals surface area contributed by atoms with E-state index in [9.17, 15) is 5.11 Å². The van der Waals surface area contributed by atoms with Crippen LogP contribution in [-0.2, 0) is 23.2 Å². The van der Waals surface area contributed by atoms with Gasteiger partial charge in [0, 0.05) is 5.41 Å². The number of aromatic nitrogens is 2. The highest BCUT2D eigenvalue weighted by molar-refractivity contribution is 5.13. The molecule has 1 aromatic heterocycles. The standard InChI is InChI=1S/C16H22N2O3/c1-16(2,3)15-17-14(21-18-15)9-13(19)11-20-10-12-7-5-4-6-8-12/h4-8,13,19H,9-11H2,1-3H3. The molecule has 1 N–H and O–H groups in total. The summed E-state index contributed by atoms with van der Waals surface area (Å²) in [5.41, 5.74) is 0.925. The Morgan fingerprint density at radius 2 is 1.95 bits per heavy atom. The van der Waals surface area contributed by atoms with Crippen LogP contribution in [-0.4, -0.2) is 28.0 Å². The van der Waals surface area contributed by atoms with Crippen molar-refractivity contribution in [2.45, 2.75) is 45.3 Å². The minimum atomic E-state index is -0.651. The van der Waals surface area contributed by atoms with Crippen LogP contribution in [0.15, 0.2) is 34.9 Å². The Morgan fingerprint density at radius 3 is 2.57 bits per heavy atom. The molecule has 5 nitrogen and oxygen atoms in total. The number of hydrogen-bond donors (Lipinski definition) is 1. The van der Waals surface area contributed by atoms with Gasteiger partial charge < -0.3 is 14.4 Å². The minimum absolute atomic E-state index is 0.156. The fourth-order valence-corrected chi connectivity index (χ4v) is 1.79. The second-order valence-corrected chi connectivity index (χ2v) is 6.12. The zero-order valence-electron chi connectivity index (χ0n) is 12.7. The fraction of sp³-hybridized carbons (Fsp3) is 0.500. The Kier molecular flexibility index (Phi) is 5.09. The van der Waals surface area contributed by atoms with Gasteiger partial charge >= 0.3 is 0 Å². The number of aliphatic hydroxyl groups is 1. The average molecular weight is 290 g/mol. The van der Waals surface area contributed by atoms with E-state index in [-0.39, 0.29) is 12.0 Å². The third kappa shape index (κ3) is 4.95. The normalized spacial score (nSPS) is 13.3. The molecule has 1 aromatic carbocycles. The molecule has 2 rings (SSSR count). The molecule has 2 aromatic rings. The second kappa shape index (κ2) is 6.83. The number of nitrogens with zero attached hydrogens (tertiary/aromatic N) is 2. The number of rotatable bonds is 6. The van der Waals surface area contributed by atoms with E-state index in [1.807, 2.05) is 51.1 Å². The van der Waals surface area contributed by atoms with Crippen molar-refractivity contribution in [2.24, 2.45) is 0 Å². The number of benzene rings is 1.